The molecule has 2 rings (SSSR count). The molecule has 0 spiro atoms. The van der Waals surface area contributed by atoms with Crippen molar-refractivity contribution in [1.29, 1.82) is 0 Å². The lowest BCUT2D eigenvalue weighted by atomic mass is 10.0. The van der Waals surface area contributed by atoms with Gasteiger partial charge in [0.2, 0.25) is 5.91 Å². The minimum atomic E-state index is -0.260. The number of hydrogen-bond donors (Lipinski definition) is 1. The minimum absolute atomic E-state index is 0.110. The van der Waals surface area contributed by atoms with Crippen molar-refractivity contribution in [3.05, 3.63) is 35.6 Å². The van der Waals surface area contributed by atoms with Gasteiger partial charge in [-0.05, 0) is 37.5 Å². The van der Waals surface area contributed by atoms with Crippen LogP contribution in [0.1, 0.15) is 44.2 Å². The summed E-state index contributed by atoms with van der Waals surface area (Å²) >= 11 is 0. The Bertz CT molecular complexity index is 399. The van der Waals surface area contributed by atoms with E-state index in [1.54, 1.807) is 6.07 Å². The summed E-state index contributed by atoms with van der Waals surface area (Å²) in [6.45, 7) is 1.89. The van der Waals surface area contributed by atoms with Crippen LogP contribution in [0.5, 0.6) is 0 Å². The Balaban J connectivity index is 1.96. The summed E-state index contributed by atoms with van der Waals surface area (Å²) < 4.78 is 13.1. The highest BCUT2D eigenvalue weighted by molar-refractivity contribution is 5.79. The number of benzene rings is 1. The maximum Gasteiger partial charge on any atom is 0.223 e. The predicted octanol–water partition coefficient (Wildman–Crippen LogP) is 3.19. The maximum atomic E-state index is 13.1. The van der Waals surface area contributed by atoms with Crippen molar-refractivity contribution in [1.82, 2.24) is 5.32 Å². The first-order valence-corrected chi connectivity index (χ1v) is 6.22. The van der Waals surface area contributed by atoms with Crippen LogP contribution in [0, 0.1) is 11.7 Å². The van der Waals surface area contributed by atoms with Gasteiger partial charge in [0.25, 0.3) is 0 Å². The molecule has 1 aliphatic rings. The van der Waals surface area contributed by atoms with Gasteiger partial charge in [0.05, 0.1) is 6.04 Å². The molecule has 1 aromatic carbocycles. The third kappa shape index (κ3) is 3.05. The lowest BCUT2D eigenvalue weighted by Crippen LogP contribution is -2.31. The highest BCUT2D eigenvalue weighted by atomic mass is 19.1. The summed E-state index contributed by atoms with van der Waals surface area (Å²) in [6, 6.07) is 6.26. The second-order valence-corrected chi connectivity index (χ2v) is 4.77. The highest BCUT2D eigenvalue weighted by Gasteiger charge is 2.23. The van der Waals surface area contributed by atoms with Crippen LogP contribution >= 0.6 is 0 Å². The van der Waals surface area contributed by atoms with Gasteiger partial charge in [0, 0.05) is 5.92 Å². The zero-order valence-electron chi connectivity index (χ0n) is 10.1. The van der Waals surface area contributed by atoms with E-state index in [1.165, 1.54) is 12.1 Å². The second-order valence-electron chi connectivity index (χ2n) is 4.77. The summed E-state index contributed by atoms with van der Waals surface area (Å²) in [5, 5.41) is 2.96. The Labute approximate surface area is 101 Å². The third-order valence-corrected chi connectivity index (χ3v) is 3.43. The summed E-state index contributed by atoms with van der Waals surface area (Å²) in [4.78, 5) is 11.9. The number of halogens is 1. The van der Waals surface area contributed by atoms with Crippen molar-refractivity contribution >= 4 is 5.91 Å². The number of carbonyl (C=O) groups excluding carboxylic acids is 1. The summed E-state index contributed by atoms with van der Waals surface area (Å²) in [7, 11) is 0. The fraction of sp³-hybridized carbons (Fsp3) is 0.500. The average Bonchev–Trinajstić information content (AvgIpc) is 2.82. The van der Waals surface area contributed by atoms with Crippen LogP contribution in [0.2, 0.25) is 0 Å². The molecule has 1 atom stereocenters. The van der Waals surface area contributed by atoms with Gasteiger partial charge in [0.1, 0.15) is 5.82 Å². The fourth-order valence-electron chi connectivity index (χ4n) is 2.38. The molecule has 2 nitrogen and oxygen atoms in total. The largest absolute Gasteiger partial charge is 0.349 e. The monoisotopic (exact) mass is 235 g/mol. The quantitative estimate of drug-likeness (QED) is 0.856. The fourth-order valence-corrected chi connectivity index (χ4v) is 2.38. The van der Waals surface area contributed by atoms with Gasteiger partial charge < -0.3 is 5.32 Å². The predicted molar refractivity (Wildman–Crippen MR) is 64.9 cm³/mol. The second kappa shape index (κ2) is 5.30. The zero-order chi connectivity index (χ0) is 12.3. The molecule has 1 N–H and O–H groups in total. The molecule has 1 amide bonds. The molecular weight excluding hydrogens is 217 g/mol. The first-order chi connectivity index (χ1) is 8.16. The molecule has 0 saturated heterocycles. The SMILES string of the molecule is CC(NC(=O)C1CCCC1)c1cccc(F)c1. The van der Waals surface area contributed by atoms with Crippen molar-refractivity contribution < 1.29 is 9.18 Å². The smallest absolute Gasteiger partial charge is 0.223 e. The van der Waals surface area contributed by atoms with E-state index in [4.69, 9.17) is 0 Å². The van der Waals surface area contributed by atoms with Gasteiger partial charge in [0.15, 0.2) is 0 Å². The Kier molecular flexibility index (Phi) is 3.77. The van der Waals surface area contributed by atoms with Gasteiger partial charge in [-0.2, -0.15) is 0 Å². The molecule has 17 heavy (non-hydrogen) atoms. The summed E-state index contributed by atoms with van der Waals surface area (Å²) in [5.74, 6) is 0.00901. The van der Waals surface area contributed by atoms with Gasteiger partial charge in [-0.3, -0.25) is 4.79 Å². The molecule has 1 unspecified atom stereocenters. The van der Waals surface area contributed by atoms with Crippen LogP contribution in [0.15, 0.2) is 24.3 Å². The normalized spacial score (nSPS) is 18.0. The topological polar surface area (TPSA) is 29.1 Å². The molecule has 1 aromatic rings. The Morgan fingerprint density at radius 2 is 2.12 bits per heavy atom. The maximum absolute atomic E-state index is 13.1. The standard InChI is InChI=1S/C14H18FNO/c1-10(12-7-4-8-13(15)9-12)16-14(17)11-5-2-3-6-11/h4,7-11H,2-3,5-6H2,1H3,(H,16,17). The molecule has 92 valence electrons. The van der Waals surface area contributed by atoms with Crippen LogP contribution in [0.4, 0.5) is 4.39 Å². The van der Waals surface area contributed by atoms with Crippen LogP contribution in [0.25, 0.3) is 0 Å². The van der Waals surface area contributed by atoms with E-state index in [9.17, 15) is 9.18 Å². The molecule has 1 aliphatic carbocycles. The molecule has 0 heterocycles. The van der Waals surface area contributed by atoms with Crippen molar-refractivity contribution in [3.8, 4) is 0 Å². The highest BCUT2D eigenvalue weighted by Crippen LogP contribution is 2.25. The number of carbonyl (C=O) groups is 1. The van der Waals surface area contributed by atoms with Crippen molar-refractivity contribution in [2.75, 3.05) is 0 Å². The molecule has 1 saturated carbocycles. The average molecular weight is 235 g/mol. The van der Waals surface area contributed by atoms with Crippen LogP contribution < -0.4 is 5.32 Å². The van der Waals surface area contributed by atoms with Crippen molar-refractivity contribution in [2.24, 2.45) is 5.92 Å². The minimum Gasteiger partial charge on any atom is -0.349 e. The molecule has 0 aromatic heterocycles. The van der Waals surface area contributed by atoms with Crippen LogP contribution in [0.3, 0.4) is 0 Å². The Morgan fingerprint density at radius 1 is 1.41 bits per heavy atom. The molecule has 0 radical (unpaired) electrons. The number of nitrogens with one attached hydrogen (secondary N) is 1. The number of amides is 1. The molecule has 1 fully saturated rings. The number of hydrogen-bond acceptors (Lipinski definition) is 1. The van der Waals surface area contributed by atoms with Crippen LogP contribution in [-0.4, -0.2) is 5.91 Å². The molecule has 3 heteroatoms. The van der Waals surface area contributed by atoms with Crippen molar-refractivity contribution in [2.45, 2.75) is 38.6 Å². The van der Waals surface area contributed by atoms with E-state index in [-0.39, 0.29) is 23.7 Å². The molecule has 0 aliphatic heterocycles. The van der Waals surface area contributed by atoms with Crippen LogP contribution in [-0.2, 0) is 4.79 Å². The van der Waals surface area contributed by atoms with E-state index >= 15 is 0 Å². The van der Waals surface area contributed by atoms with E-state index in [0.717, 1.165) is 31.2 Å². The van der Waals surface area contributed by atoms with Gasteiger partial charge in [-0.25, -0.2) is 4.39 Å². The van der Waals surface area contributed by atoms with E-state index in [0.29, 0.717) is 0 Å². The summed E-state index contributed by atoms with van der Waals surface area (Å²) in [6.07, 6.45) is 4.27. The molecule has 0 bridgehead atoms. The Hall–Kier alpha value is -1.38. The zero-order valence-corrected chi connectivity index (χ0v) is 10.1. The van der Waals surface area contributed by atoms with Gasteiger partial charge in [-0.1, -0.05) is 25.0 Å². The molecular formula is C14H18FNO. The van der Waals surface area contributed by atoms with Gasteiger partial charge in [-0.15, -0.1) is 0 Å². The summed E-state index contributed by atoms with van der Waals surface area (Å²) in [5.41, 5.74) is 0.816. The first kappa shape index (κ1) is 12.1. The van der Waals surface area contributed by atoms with E-state index in [2.05, 4.69) is 5.32 Å². The van der Waals surface area contributed by atoms with E-state index < -0.39 is 0 Å². The lowest BCUT2D eigenvalue weighted by Gasteiger charge is -2.17. The van der Waals surface area contributed by atoms with E-state index in [1.807, 2.05) is 13.0 Å². The van der Waals surface area contributed by atoms with Gasteiger partial charge >= 0.3 is 0 Å². The first-order valence-electron chi connectivity index (χ1n) is 6.22. The number of rotatable bonds is 3. The van der Waals surface area contributed by atoms with Crippen molar-refractivity contribution in [3.63, 3.8) is 0 Å². The Morgan fingerprint density at radius 3 is 2.76 bits per heavy atom. The third-order valence-electron chi connectivity index (χ3n) is 3.43. The lowest BCUT2D eigenvalue weighted by molar-refractivity contribution is -0.125.